The highest BCUT2D eigenvalue weighted by molar-refractivity contribution is 5.46. The lowest BCUT2D eigenvalue weighted by atomic mass is 10.0. The van der Waals surface area contributed by atoms with Crippen LogP contribution in [0.4, 0.5) is 5.69 Å². The van der Waals surface area contributed by atoms with Gasteiger partial charge >= 0.3 is 0 Å². The summed E-state index contributed by atoms with van der Waals surface area (Å²) in [6.45, 7) is 0. The van der Waals surface area contributed by atoms with Crippen molar-refractivity contribution < 1.29 is 9.47 Å². The average Bonchev–Trinajstić information content (AvgIpc) is 2.38. The lowest BCUT2D eigenvalue weighted by Gasteiger charge is -2.09. The number of benzene rings is 2. The number of methoxy groups -OCH3 is 2. The molecule has 2 aromatic carbocycles. The Balaban J connectivity index is 2.24. The highest BCUT2D eigenvalue weighted by Gasteiger charge is 2.05. The van der Waals surface area contributed by atoms with Crippen molar-refractivity contribution in [2.45, 2.75) is 6.42 Å². The molecule has 0 saturated carbocycles. The van der Waals surface area contributed by atoms with E-state index in [0.717, 1.165) is 23.6 Å². The van der Waals surface area contributed by atoms with Crippen LogP contribution >= 0.6 is 0 Å². The van der Waals surface area contributed by atoms with Crippen molar-refractivity contribution in [3.8, 4) is 11.5 Å². The summed E-state index contributed by atoms with van der Waals surface area (Å²) in [5, 5.41) is 0. The molecular formula is C15H17NO2. The van der Waals surface area contributed by atoms with E-state index in [0.29, 0.717) is 0 Å². The van der Waals surface area contributed by atoms with Crippen LogP contribution in [-0.4, -0.2) is 14.2 Å². The van der Waals surface area contributed by atoms with Gasteiger partial charge in [-0.1, -0.05) is 18.2 Å². The van der Waals surface area contributed by atoms with E-state index in [-0.39, 0.29) is 0 Å². The zero-order chi connectivity index (χ0) is 13.0. The molecule has 3 heteroatoms. The van der Waals surface area contributed by atoms with E-state index >= 15 is 0 Å². The van der Waals surface area contributed by atoms with E-state index in [1.165, 1.54) is 11.1 Å². The Morgan fingerprint density at radius 3 is 2.28 bits per heavy atom. The van der Waals surface area contributed by atoms with Crippen LogP contribution in [0.2, 0.25) is 0 Å². The molecule has 0 radical (unpaired) electrons. The molecule has 94 valence electrons. The predicted molar refractivity (Wildman–Crippen MR) is 73.2 cm³/mol. The van der Waals surface area contributed by atoms with E-state index in [1.807, 2.05) is 36.4 Å². The molecule has 0 fully saturated rings. The molecular weight excluding hydrogens is 226 g/mol. The van der Waals surface area contributed by atoms with E-state index in [2.05, 4.69) is 6.07 Å². The third-order valence-electron chi connectivity index (χ3n) is 2.81. The van der Waals surface area contributed by atoms with Crippen LogP contribution in [0.15, 0.2) is 42.5 Å². The monoisotopic (exact) mass is 243 g/mol. The summed E-state index contributed by atoms with van der Waals surface area (Å²) in [7, 11) is 3.28. The van der Waals surface area contributed by atoms with Crippen LogP contribution in [0.3, 0.4) is 0 Å². The fraction of sp³-hybridized carbons (Fsp3) is 0.200. The molecule has 0 atom stereocenters. The minimum absolute atomic E-state index is 0.744. The highest BCUT2D eigenvalue weighted by atomic mass is 16.5. The van der Waals surface area contributed by atoms with Crippen LogP contribution in [0.25, 0.3) is 0 Å². The molecule has 2 N–H and O–H groups in total. The SMILES string of the molecule is COc1ccc(Cc2cccc(N)c2)cc1OC. The maximum absolute atomic E-state index is 5.77. The lowest BCUT2D eigenvalue weighted by Crippen LogP contribution is -1.94. The number of ether oxygens (including phenoxy) is 2. The molecule has 0 aliphatic heterocycles. The zero-order valence-electron chi connectivity index (χ0n) is 10.6. The topological polar surface area (TPSA) is 44.5 Å². The fourth-order valence-corrected chi connectivity index (χ4v) is 1.93. The second-order valence-corrected chi connectivity index (χ2v) is 4.11. The Morgan fingerprint density at radius 2 is 1.61 bits per heavy atom. The summed E-state index contributed by atoms with van der Waals surface area (Å²) >= 11 is 0. The van der Waals surface area contributed by atoms with Gasteiger partial charge in [0, 0.05) is 5.69 Å². The first-order chi connectivity index (χ1) is 8.72. The van der Waals surface area contributed by atoms with E-state index in [9.17, 15) is 0 Å². The molecule has 0 bridgehead atoms. The summed E-state index contributed by atoms with van der Waals surface area (Å²) in [5.74, 6) is 1.49. The number of rotatable bonds is 4. The summed E-state index contributed by atoms with van der Waals surface area (Å²) in [6.07, 6.45) is 0.825. The minimum Gasteiger partial charge on any atom is -0.493 e. The standard InChI is InChI=1S/C15H17NO2/c1-17-14-7-6-12(10-15(14)18-2)8-11-4-3-5-13(16)9-11/h3-7,9-10H,8,16H2,1-2H3. The molecule has 0 spiro atoms. The molecule has 0 amide bonds. The molecule has 0 heterocycles. The summed E-state index contributed by atoms with van der Waals surface area (Å²) in [6, 6.07) is 13.8. The van der Waals surface area contributed by atoms with Crippen LogP contribution < -0.4 is 15.2 Å². The molecule has 0 aliphatic carbocycles. The Kier molecular flexibility index (Phi) is 3.72. The fourth-order valence-electron chi connectivity index (χ4n) is 1.93. The van der Waals surface area contributed by atoms with Crippen molar-refractivity contribution in [1.82, 2.24) is 0 Å². The molecule has 2 rings (SSSR count). The summed E-state index contributed by atoms with van der Waals surface area (Å²) in [4.78, 5) is 0. The summed E-state index contributed by atoms with van der Waals surface area (Å²) in [5.41, 5.74) is 8.90. The third kappa shape index (κ3) is 2.74. The lowest BCUT2D eigenvalue weighted by molar-refractivity contribution is 0.354. The minimum atomic E-state index is 0.744. The van der Waals surface area contributed by atoms with Crippen molar-refractivity contribution in [3.05, 3.63) is 53.6 Å². The maximum atomic E-state index is 5.77. The van der Waals surface area contributed by atoms with Gasteiger partial charge in [-0.15, -0.1) is 0 Å². The van der Waals surface area contributed by atoms with Gasteiger partial charge in [0.2, 0.25) is 0 Å². The Bertz CT molecular complexity index is 538. The molecule has 0 unspecified atom stereocenters. The quantitative estimate of drug-likeness (QED) is 0.840. The molecule has 0 saturated heterocycles. The number of nitrogens with two attached hydrogens (primary N) is 1. The zero-order valence-corrected chi connectivity index (χ0v) is 10.6. The van der Waals surface area contributed by atoms with E-state index in [4.69, 9.17) is 15.2 Å². The normalized spacial score (nSPS) is 10.1. The van der Waals surface area contributed by atoms with Gasteiger partial charge in [-0.3, -0.25) is 0 Å². The smallest absolute Gasteiger partial charge is 0.160 e. The van der Waals surface area contributed by atoms with Gasteiger partial charge < -0.3 is 15.2 Å². The van der Waals surface area contributed by atoms with Gasteiger partial charge in [0.05, 0.1) is 14.2 Å². The van der Waals surface area contributed by atoms with E-state index < -0.39 is 0 Å². The third-order valence-corrected chi connectivity index (χ3v) is 2.81. The van der Waals surface area contributed by atoms with Crippen LogP contribution in [0, 0.1) is 0 Å². The molecule has 0 aromatic heterocycles. The second-order valence-electron chi connectivity index (χ2n) is 4.11. The van der Waals surface area contributed by atoms with Crippen molar-refractivity contribution in [2.24, 2.45) is 0 Å². The molecule has 3 nitrogen and oxygen atoms in total. The van der Waals surface area contributed by atoms with Crippen LogP contribution in [0.5, 0.6) is 11.5 Å². The Morgan fingerprint density at radius 1 is 0.889 bits per heavy atom. The van der Waals surface area contributed by atoms with Crippen molar-refractivity contribution >= 4 is 5.69 Å². The van der Waals surface area contributed by atoms with Crippen molar-refractivity contribution in [3.63, 3.8) is 0 Å². The van der Waals surface area contributed by atoms with Gasteiger partial charge in [-0.2, -0.15) is 0 Å². The molecule has 18 heavy (non-hydrogen) atoms. The van der Waals surface area contributed by atoms with Crippen LogP contribution in [-0.2, 0) is 6.42 Å². The Labute approximate surface area is 107 Å². The number of nitrogen functional groups attached to an aromatic ring is 1. The highest BCUT2D eigenvalue weighted by Crippen LogP contribution is 2.28. The van der Waals surface area contributed by atoms with Gasteiger partial charge in [0.15, 0.2) is 11.5 Å². The van der Waals surface area contributed by atoms with Gasteiger partial charge in [0.1, 0.15) is 0 Å². The molecule has 2 aromatic rings. The van der Waals surface area contributed by atoms with Gasteiger partial charge in [-0.05, 0) is 41.8 Å². The number of anilines is 1. The largest absolute Gasteiger partial charge is 0.493 e. The Hall–Kier alpha value is -2.16. The predicted octanol–water partition coefficient (Wildman–Crippen LogP) is 2.88. The van der Waals surface area contributed by atoms with E-state index in [1.54, 1.807) is 14.2 Å². The molecule has 0 aliphatic rings. The van der Waals surface area contributed by atoms with Crippen LogP contribution in [0.1, 0.15) is 11.1 Å². The van der Waals surface area contributed by atoms with Crippen molar-refractivity contribution in [2.75, 3.05) is 20.0 Å². The second kappa shape index (κ2) is 5.45. The average molecular weight is 243 g/mol. The first-order valence-corrected chi connectivity index (χ1v) is 5.78. The number of hydrogen-bond acceptors (Lipinski definition) is 3. The van der Waals surface area contributed by atoms with Gasteiger partial charge in [-0.25, -0.2) is 0 Å². The van der Waals surface area contributed by atoms with Crippen molar-refractivity contribution in [1.29, 1.82) is 0 Å². The first kappa shape index (κ1) is 12.3. The first-order valence-electron chi connectivity index (χ1n) is 5.78. The number of hydrogen-bond donors (Lipinski definition) is 1. The van der Waals surface area contributed by atoms with Gasteiger partial charge in [0.25, 0.3) is 0 Å². The maximum Gasteiger partial charge on any atom is 0.160 e. The summed E-state index contributed by atoms with van der Waals surface area (Å²) < 4.78 is 10.5.